The number of amides is 1. The highest BCUT2D eigenvalue weighted by molar-refractivity contribution is 9.10. The van der Waals surface area contributed by atoms with Gasteiger partial charge in [-0.15, -0.1) is 0 Å². The monoisotopic (exact) mass is 455 g/mol. The van der Waals surface area contributed by atoms with Crippen molar-refractivity contribution in [2.75, 3.05) is 12.4 Å². The SMILES string of the molecule is COc1ccc(S(=O)(=O)NC2CC2)cc1NC(=O)Cn1cc(Br)ccc1=O. The van der Waals surface area contributed by atoms with Crippen LogP contribution in [-0.2, 0) is 21.4 Å². The molecule has 1 aromatic carbocycles. The van der Waals surface area contributed by atoms with Gasteiger partial charge in [0, 0.05) is 22.8 Å². The number of ether oxygens (including phenoxy) is 1. The van der Waals surface area contributed by atoms with Crippen molar-refractivity contribution >= 4 is 37.5 Å². The largest absolute Gasteiger partial charge is 0.495 e. The molecule has 0 aliphatic heterocycles. The number of nitrogens with one attached hydrogen (secondary N) is 2. The van der Waals surface area contributed by atoms with Gasteiger partial charge in [0.15, 0.2) is 0 Å². The Labute approximate surface area is 164 Å². The fourth-order valence-corrected chi connectivity index (χ4v) is 4.12. The molecule has 1 aliphatic rings. The molecule has 144 valence electrons. The van der Waals surface area contributed by atoms with Gasteiger partial charge >= 0.3 is 0 Å². The Bertz CT molecular complexity index is 1030. The van der Waals surface area contributed by atoms with Crippen LogP contribution in [-0.4, -0.2) is 32.0 Å². The van der Waals surface area contributed by atoms with Crippen LogP contribution < -0.4 is 20.3 Å². The van der Waals surface area contributed by atoms with Crippen LogP contribution in [0.5, 0.6) is 5.75 Å². The Morgan fingerprint density at radius 1 is 1.30 bits per heavy atom. The first-order valence-corrected chi connectivity index (χ1v) is 10.4. The summed E-state index contributed by atoms with van der Waals surface area (Å²) in [6.07, 6.45) is 3.14. The molecule has 0 radical (unpaired) electrons. The van der Waals surface area contributed by atoms with Crippen LogP contribution >= 0.6 is 15.9 Å². The van der Waals surface area contributed by atoms with Crippen molar-refractivity contribution in [2.45, 2.75) is 30.3 Å². The molecule has 3 rings (SSSR count). The molecule has 1 heterocycles. The number of pyridine rings is 1. The van der Waals surface area contributed by atoms with Crippen molar-refractivity contribution in [3.05, 3.63) is 51.4 Å². The van der Waals surface area contributed by atoms with Gasteiger partial charge in [0.1, 0.15) is 12.3 Å². The van der Waals surface area contributed by atoms with Gasteiger partial charge in [-0.2, -0.15) is 0 Å². The van der Waals surface area contributed by atoms with Crippen LogP contribution in [0.4, 0.5) is 5.69 Å². The molecule has 0 spiro atoms. The van der Waals surface area contributed by atoms with E-state index in [1.165, 1.54) is 42.1 Å². The smallest absolute Gasteiger partial charge is 0.251 e. The van der Waals surface area contributed by atoms with Crippen LogP contribution in [0, 0.1) is 0 Å². The van der Waals surface area contributed by atoms with Crippen molar-refractivity contribution in [1.29, 1.82) is 0 Å². The first kappa shape index (κ1) is 19.6. The lowest BCUT2D eigenvalue weighted by Crippen LogP contribution is -2.27. The van der Waals surface area contributed by atoms with Crippen LogP contribution in [0.15, 0.2) is 50.7 Å². The highest BCUT2D eigenvalue weighted by Crippen LogP contribution is 2.29. The zero-order valence-electron chi connectivity index (χ0n) is 14.4. The lowest BCUT2D eigenvalue weighted by atomic mass is 10.3. The molecule has 10 heteroatoms. The fraction of sp³-hybridized carbons (Fsp3) is 0.294. The van der Waals surface area contributed by atoms with E-state index in [-0.39, 0.29) is 28.7 Å². The van der Waals surface area contributed by atoms with Crippen LogP contribution in [0.2, 0.25) is 0 Å². The van der Waals surface area contributed by atoms with Gasteiger partial charge in [-0.1, -0.05) is 0 Å². The second-order valence-electron chi connectivity index (χ2n) is 6.12. The number of halogens is 1. The van der Waals surface area contributed by atoms with E-state index in [0.29, 0.717) is 10.2 Å². The summed E-state index contributed by atoms with van der Waals surface area (Å²) >= 11 is 3.25. The molecule has 0 bridgehead atoms. The van der Waals surface area contributed by atoms with Crippen molar-refractivity contribution < 1.29 is 17.9 Å². The molecule has 0 atom stereocenters. The van der Waals surface area contributed by atoms with E-state index >= 15 is 0 Å². The minimum atomic E-state index is -3.67. The Morgan fingerprint density at radius 2 is 2.04 bits per heavy atom. The number of methoxy groups -OCH3 is 1. The van der Waals surface area contributed by atoms with Gasteiger partial charge in [0.05, 0.1) is 17.7 Å². The molecule has 2 aromatic rings. The third-order valence-corrected chi connectivity index (χ3v) is 5.90. The van der Waals surface area contributed by atoms with Crippen molar-refractivity contribution in [2.24, 2.45) is 0 Å². The van der Waals surface area contributed by atoms with E-state index in [0.717, 1.165) is 12.8 Å². The number of carbonyl (C=O) groups excluding carboxylic acids is 1. The zero-order valence-corrected chi connectivity index (χ0v) is 16.8. The maximum absolute atomic E-state index is 12.4. The fourth-order valence-electron chi connectivity index (χ4n) is 2.41. The summed E-state index contributed by atoms with van der Waals surface area (Å²) in [7, 11) is -2.25. The van der Waals surface area contributed by atoms with E-state index in [1.54, 1.807) is 6.07 Å². The molecule has 0 unspecified atom stereocenters. The molecule has 2 N–H and O–H groups in total. The van der Waals surface area contributed by atoms with Gasteiger partial charge in [0.2, 0.25) is 15.9 Å². The molecule has 1 fully saturated rings. The Hall–Kier alpha value is -2.17. The number of hydrogen-bond donors (Lipinski definition) is 2. The average Bonchev–Trinajstić information content (AvgIpc) is 3.41. The number of hydrogen-bond acceptors (Lipinski definition) is 5. The topological polar surface area (TPSA) is 106 Å². The summed E-state index contributed by atoms with van der Waals surface area (Å²) < 4.78 is 34.4. The number of sulfonamides is 1. The van der Waals surface area contributed by atoms with E-state index in [1.807, 2.05) is 0 Å². The standard InChI is InChI=1S/C17H18BrN3O5S/c1-26-15-6-5-13(27(24,25)20-12-3-4-12)8-14(15)19-16(22)10-21-9-11(18)2-7-17(21)23/h2,5-9,12,20H,3-4,10H2,1H3,(H,19,22). The number of aromatic nitrogens is 1. The Morgan fingerprint density at radius 3 is 2.70 bits per heavy atom. The quantitative estimate of drug-likeness (QED) is 0.660. The third kappa shape index (κ3) is 4.96. The first-order chi connectivity index (χ1) is 12.8. The van der Waals surface area contributed by atoms with Gasteiger partial charge < -0.3 is 14.6 Å². The van der Waals surface area contributed by atoms with Crippen molar-refractivity contribution in [3.63, 3.8) is 0 Å². The molecule has 1 aliphatic carbocycles. The average molecular weight is 456 g/mol. The predicted molar refractivity (Wildman–Crippen MR) is 103 cm³/mol. The van der Waals surface area contributed by atoms with Crippen LogP contribution in [0.1, 0.15) is 12.8 Å². The van der Waals surface area contributed by atoms with Gasteiger partial charge in [0.25, 0.3) is 5.56 Å². The van der Waals surface area contributed by atoms with E-state index in [2.05, 4.69) is 26.0 Å². The Balaban J connectivity index is 1.82. The second kappa shape index (κ2) is 7.83. The molecule has 1 saturated carbocycles. The summed E-state index contributed by atoms with van der Waals surface area (Å²) in [6, 6.07) is 7.12. The minimum absolute atomic E-state index is 0.0291. The van der Waals surface area contributed by atoms with E-state index in [4.69, 9.17) is 4.74 Å². The molecule has 8 nitrogen and oxygen atoms in total. The van der Waals surface area contributed by atoms with Crippen LogP contribution in [0.25, 0.3) is 0 Å². The summed E-state index contributed by atoms with van der Waals surface area (Å²) in [5.41, 5.74) is -0.116. The normalized spacial score (nSPS) is 14.0. The molecular formula is C17H18BrN3O5S. The number of anilines is 1. The zero-order chi connectivity index (χ0) is 19.6. The molecular weight excluding hydrogens is 438 g/mol. The maximum atomic E-state index is 12.4. The Kier molecular flexibility index (Phi) is 5.68. The van der Waals surface area contributed by atoms with Crippen molar-refractivity contribution in [3.8, 4) is 5.75 Å². The summed E-state index contributed by atoms with van der Waals surface area (Å²) in [5.74, 6) is -0.173. The summed E-state index contributed by atoms with van der Waals surface area (Å²) in [5, 5.41) is 2.61. The number of carbonyl (C=O) groups is 1. The van der Waals surface area contributed by atoms with Crippen LogP contribution in [0.3, 0.4) is 0 Å². The number of nitrogens with zero attached hydrogens (tertiary/aromatic N) is 1. The summed E-state index contributed by atoms with van der Waals surface area (Å²) in [4.78, 5) is 24.2. The van der Waals surface area contributed by atoms with Gasteiger partial charge in [-0.25, -0.2) is 13.1 Å². The van der Waals surface area contributed by atoms with E-state index < -0.39 is 15.9 Å². The van der Waals surface area contributed by atoms with Gasteiger partial charge in [-0.05, 0) is 53.0 Å². The lowest BCUT2D eigenvalue weighted by molar-refractivity contribution is -0.116. The third-order valence-electron chi connectivity index (χ3n) is 3.92. The predicted octanol–water partition coefficient (Wildman–Crippen LogP) is 1.70. The molecule has 1 aromatic heterocycles. The molecule has 0 saturated heterocycles. The molecule has 1 amide bonds. The second-order valence-corrected chi connectivity index (χ2v) is 8.75. The van der Waals surface area contributed by atoms with Crippen molar-refractivity contribution in [1.82, 2.24) is 9.29 Å². The summed E-state index contributed by atoms with van der Waals surface area (Å²) in [6.45, 7) is -0.223. The minimum Gasteiger partial charge on any atom is -0.495 e. The van der Waals surface area contributed by atoms with E-state index in [9.17, 15) is 18.0 Å². The number of benzene rings is 1. The number of rotatable bonds is 7. The molecule has 27 heavy (non-hydrogen) atoms. The highest BCUT2D eigenvalue weighted by Gasteiger charge is 2.28. The highest BCUT2D eigenvalue weighted by atomic mass is 79.9. The maximum Gasteiger partial charge on any atom is 0.251 e. The van der Waals surface area contributed by atoms with Gasteiger partial charge in [-0.3, -0.25) is 9.59 Å². The first-order valence-electron chi connectivity index (χ1n) is 8.15. The lowest BCUT2D eigenvalue weighted by Gasteiger charge is -2.13.